The van der Waals surface area contributed by atoms with Crippen LogP contribution in [0.25, 0.3) is 22.5 Å². The van der Waals surface area contributed by atoms with Crippen molar-refractivity contribution >= 4 is 0 Å². The van der Waals surface area contributed by atoms with Crippen LogP contribution < -0.4 is 21.9 Å². The summed E-state index contributed by atoms with van der Waals surface area (Å²) in [6.45, 7) is 2.88. The summed E-state index contributed by atoms with van der Waals surface area (Å²) in [4.78, 5) is 4.86. The zero-order valence-electron chi connectivity index (χ0n) is 18.8. The van der Waals surface area contributed by atoms with Gasteiger partial charge in [-0.1, -0.05) is 92.2 Å². The number of nitrogens with zero attached hydrogens (tertiary/aromatic N) is 3. The van der Waals surface area contributed by atoms with E-state index in [0.717, 1.165) is 36.5 Å². The predicted molar refractivity (Wildman–Crippen MR) is 130 cm³/mol. The van der Waals surface area contributed by atoms with Gasteiger partial charge in [-0.15, -0.1) is 0 Å². The number of aromatic nitrogens is 3. The zero-order valence-corrected chi connectivity index (χ0v) is 18.8. The second-order valence-corrected chi connectivity index (χ2v) is 8.23. The lowest BCUT2D eigenvalue weighted by atomic mass is 9.97. The minimum absolute atomic E-state index is 0.00834. The molecular weight excluding hydrogens is 410 g/mol. The van der Waals surface area contributed by atoms with Gasteiger partial charge < -0.3 is 0 Å². The Kier molecular flexibility index (Phi) is 6.55. The molecule has 0 saturated carbocycles. The molecular formula is C26H29N7. The molecule has 4 N–H and O–H groups in total. The molecule has 0 radical (unpaired) electrons. The molecule has 0 atom stereocenters. The highest BCUT2D eigenvalue weighted by molar-refractivity contribution is 5.68. The summed E-state index contributed by atoms with van der Waals surface area (Å²) in [6, 6.07) is 27.4. The first-order valence-electron chi connectivity index (χ1n) is 11.5. The third kappa shape index (κ3) is 4.86. The largest absolute Gasteiger partial charge is 0.241 e. The molecule has 1 saturated heterocycles. The molecule has 1 aliphatic rings. The monoisotopic (exact) mass is 439 g/mol. The van der Waals surface area contributed by atoms with E-state index in [4.69, 9.17) is 10.1 Å². The van der Waals surface area contributed by atoms with E-state index in [1.807, 2.05) is 22.9 Å². The van der Waals surface area contributed by atoms with Crippen molar-refractivity contribution in [3.8, 4) is 22.5 Å². The van der Waals surface area contributed by atoms with E-state index in [1.165, 1.54) is 22.3 Å². The highest BCUT2D eigenvalue weighted by Gasteiger charge is 2.18. The van der Waals surface area contributed by atoms with Crippen LogP contribution >= 0.6 is 0 Å². The number of rotatable bonds is 8. The number of benzene rings is 3. The summed E-state index contributed by atoms with van der Waals surface area (Å²) < 4.78 is 2.03. The molecule has 0 amide bonds. The van der Waals surface area contributed by atoms with Crippen molar-refractivity contribution in [2.75, 3.05) is 0 Å². The van der Waals surface area contributed by atoms with E-state index in [1.54, 1.807) is 0 Å². The number of aryl methyl sites for hydroxylation is 1. The normalized spacial score (nSPS) is 14.1. The van der Waals surface area contributed by atoms with Gasteiger partial charge in [-0.05, 0) is 28.7 Å². The Bertz CT molecular complexity index is 1180. The number of hydrazine groups is 3. The molecule has 0 spiro atoms. The first kappa shape index (κ1) is 21.5. The fraction of sp³-hybridized carbons (Fsp3) is 0.231. The topological polar surface area (TPSA) is 78.8 Å². The van der Waals surface area contributed by atoms with Crippen molar-refractivity contribution in [2.45, 2.75) is 38.9 Å². The van der Waals surface area contributed by atoms with Crippen LogP contribution in [0.3, 0.4) is 0 Å². The average molecular weight is 440 g/mol. The maximum absolute atomic E-state index is 4.86. The van der Waals surface area contributed by atoms with Gasteiger partial charge in [0.05, 0.1) is 6.54 Å². The minimum Gasteiger partial charge on any atom is -0.241 e. The Morgan fingerprint density at radius 2 is 1.55 bits per heavy atom. The summed E-state index contributed by atoms with van der Waals surface area (Å²) in [6.07, 6.45) is 3.13. The first-order chi connectivity index (χ1) is 16.3. The Hall–Kier alpha value is -3.36. The van der Waals surface area contributed by atoms with Crippen molar-refractivity contribution in [2.24, 2.45) is 0 Å². The van der Waals surface area contributed by atoms with Crippen LogP contribution in [0.5, 0.6) is 0 Å². The fourth-order valence-electron chi connectivity index (χ4n) is 4.12. The van der Waals surface area contributed by atoms with Crippen molar-refractivity contribution in [3.05, 3.63) is 95.8 Å². The van der Waals surface area contributed by atoms with Crippen LogP contribution in [0.2, 0.25) is 0 Å². The molecule has 3 aromatic carbocycles. The standard InChI is InChI=1S/C26H29N7/c1-2-3-13-24-27-26(21-9-5-4-6-10-21)33(30-24)18-19-14-16-20(17-15-19)22-11-7-8-12-23(22)25-28-31-32-29-25/h4-12,14-17,25,28-29,31-32H,2-3,13,18H2,1H3. The summed E-state index contributed by atoms with van der Waals surface area (Å²) in [5.41, 5.74) is 18.0. The highest BCUT2D eigenvalue weighted by Crippen LogP contribution is 2.28. The van der Waals surface area contributed by atoms with Gasteiger partial charge in [0.2, 0.25) is 0 Å². The van der Waals surface area contributed by atoms with Gasteiger partial charge >= 0.3 is 0 Å². The summed E-state index contributed by atoms with van der Waals surface area (Å²) >= 11 is 0. The van der Waals surface area contributed by atoms with Crippen LogP contribution in [0, 0.1) is 0 Å². The van der Waals surface area contributed by atoms with Gasteiger partial charge in [-0.2, -0.15) is 16.2 Å². The Balaban J connectivity index is 1.41. The van der Waals surface area contributed by atoms with Gasteiger partial charge in [0.15, 0.2) is 11.6 Å². The predicted octanol–water partition coefficient (Wildman–Crippen LogP) is 4.12. The number of hydrogen-bond acceptors (Lipinski definition) is 6. The number of unbranched alkanes of at least 4 members (excludes halogenated alkanes) is 1. The van der Waals surface area contributed by atoms with Gasteiger partial charge in [0.25, 0.3) is 0 Å². The Morgan fingerprint density at radius 1 is 0.818 bits per heavy atom. The smallest absolute Gasteiger partial charge is 0.158 e. The molecule has 33 heavy (non-hydrogen) atoms. The van der Waals surface area contributed by atoms with Crippen molar-refractivity contribution in [3.63, 3.8) is 0 Å². The van der Waals surface area contributed by atoms with Gasteiger partial charge in [-0.3, -0.25) is 0 Å². The van der Waals surface area contributed by atoms with Gasteiger partial charge in [0.1, 0.15) is 6.17 Å². The maximum Gasteiger partial charge on any atom is 0.158 e. The molecule has 0 aliphatic carbocycles. The fourth-order valence-corrected chi connectivity index (χ4v) is 4.12. The molecule has 1 fully saturated rings. The molecule has 1 aromatic heterocycles. The lowest BCUT2D eigenvalue weighted by Gasteiger charge is -2.15. The Labute approximate surface area is 194 Å². The van der Waals surface area contributed by atoms with Crippen LogP contribution in [0.15, 0.2) is 78.9 Å². The highest BCUT2D eigenvalue weighted by atomic mass is 15.8. The van der Waals surface area contributed by atoms with E-state index in [0.29, 0.717) is 6.54 Å². The molecule has 1 aliphatic heterocycles. The molecule has 0 bridgehead atoms. The van der Waals surface area contributed by atoms with E-state index in [9.17, 15) is 0 Å². The number of nitrogens with one attached hydrogen (secondary N) is 4. The maximum atomic E-state index is 4.86. The third-order valence-corrected chi connectivity index (χ3v) is 5.87. The SMILES string of the molecule is CCCCc1nc(-c2ccccc2)n(Cc2ccc(-c3ccccc3C3NNNN3)cc2)n1. The second-order valence-electron chi connectivity index (χ2n) is 8.23. The van der Waals surface area contributed by atoms with Gasteiger partial charge in [-0.25, -0.2) is 20.5 Å². The minimum atomic E-state index is -0.00834. The second kappa shape index (κ2) is 10.1. The molecule has 2 heterocycles. The van der Waals surface area contributed by atoms with Gasteiger partial charge in [0, 0.05) is 12.0 Å². The third-order valence-electron chi connectivity index (χ3n) is 5.87. The molecule has 168 valence electrons. The van der Waals surface area contributed by atoms with E-state index in [-0.39, 0.29) is 6.17 Å². The lowest BCUT2D eigenvalue weighted by molar-refractivity contribution is 0.556. The molecule has 0 unspecified atom stereocenters. The average Bonchev–Trinajstić information content (AvgIpc) is 3.54. The van der Waals surface area contributed by atoms with Crippen molar-refractivity contribution < 1.29 is 0 Å². The molecule has 7 nitrogen and oxygen atoms in total. The lowest BCUT2D eigenvalue weighted by Crippen LogP contribution is -2.33. The molecule has 7 heteroatoms. The van der Waals surface area contributed by atoms with Crippen LogP contribution in [0.1, 0.15) is 42.9 Å². The summed E-state index contributed by atoms with van der Waals surface area (Å²) in [7, 11) is 0. The first-order valence-corrected chi connectivity index (χ1v) is 11.5. The summed E-state index contributed by atoms with van der Waals surface area (Å²) in [5.74, 6) is 1.84. The van der Waals surface area contributed by atoms with E-state index < -0.39 is 0 Å². The van der Waals surface area contributed by atoms with E-state index >= 15 is 0 Å². The van der Waals surface area contributed by atoms with E-state index in [2.05, 4.69) is 89.5 Å². The van der Waals surface area contributed by atoms with Crippen LogP contribution in [-0.2, 0) is 13.0 Å². The van der Waals surface area contributed by atoms with Crippen molar-refractivity contribution in [1.82, 2.24) is 36.7 Å². The molecule has 5 rings (SSSR count). The zero-order chi connectivity index (χ0) is 22.5. The van der Waals surface area contributed by atoms with Crippen molar-refractivity contribution in [1.29, 1.82) is 0 Å². The Morgan fingerprint density at radius 3 is 2.30 bits per heavy atom. The quantitative estimate of drug-likeness (QED) is 0.331. The molecule has 4 aromatic rings. The summed E-state index contributed by atoms with van der Waals surface area (Å²) in [5, 5.41) is 4.84. The number of hydrogen-bond donors (Lipinski definition) is 4. The van der Waals surface area contributed by atoms with Crippen LogP contribution in [0.4, 0.5) is 0 Å². The van der Waals surface area contributed by atoms with Crippen LogP contribution in [-0.4, -0.2) is 14.8 Å².